The van der Waals surface area contributed by atoms with Gasteiger partial charge in [-0.25, -0.2) is 9.36 Å². The molecular formula is C20H28N6O2. The maximum absolute atomic E-state index is 12.7. The largest absolute Gasteiger partial charge is 0.342 e. The molecule has 2 aliphatic heterocycles. The van der Waals surface area contributed by atoms with Gasteiger partial charge in [0.25, 0.3) is 5.56 Å². The van der Waals surface area contributed by atoms with Gasteiger partial charge in [-0.15, -0.1) is 5.10 Å². The predicted molar refractivity (Wildman–Crippen MR) is 105 cm³/mol. The van der Waals surface area contributed by atoms with Gasteiger partial charge >= 0.3 is 0 Å². The van der Waals surface area contributed by atoms with E-state index in [2.05, 4.69) is 22.1 Å². The smallest absolute Gasteiger partial charge is 0.266 e. The third-order valence-electron chi connectivity index (χ3n) is 5.75. The summed E-state index contributed by atoms with van der Waals surface area (Å²) < 4.78 is 3.26. The fraction of sp³-hybridized carbons (Fsp3) is 0.600. The van der Waals surface area contributed by atoms with Crippen LogP contribution in [-0.2, 0) is 11.3 Å². The molecule has 8 nitrogen and oxygen atoms in total. The molecule has 28 heavy (non-hydrogen) atoms. The van der Waals surface area contributed by atoms with Crippen molar-refractivity contribution in [2.75, 3.05) is 33.2 Å². The van der Waals surface area contributed by atoms with Gasteiger partial charge in [-0.3, -0.25) is 9.59 Å². The lowest BCUT2D eigenvalue weighted by molar-refractivity contribution is -0.144. The van der Waals surface area contributed by atoms with E-state index in [1.54, 1.807) is 10.7 Å². The average molecular weight is 384 g/mol. The van der Waals surface area contributed by atoms with Crippen LogP contribution in [0.1, 0.15) is 24.2 Å². The van der Waals surface area contributed by atoms with Crippen molar-refractivity contribution in [3.05, 3.63) is 39.9 Å². The van der Waals surface area contributed by atoms with E-state index in [1.165, 1.54) is 10.7 Å². The number of rotatable bonds is 4. The first kappa shape index (κ1) is 18.9. The van der Waals surface area contributed by atoms with Crippen LogP contribution in [0.15, 0.2) is 23.0 Å². The predicted octanol–water partition coefficient (Wildman–Crippen LogP) is 0.846. The van der Waals surface area contributed by atoms with E-state index in [4.69, 9.17) is 0 Å². The Morgan fingerprint density at radius 1 is 1.18 bits per heavy atom. The van der Waals surface area contributed by atoms with Crippen LogP contribution in [0.25, 0.3) is 5.82 Å². The fourth-order valence-corrected chi connectivity index (χ4v) is 4.28. The minimum absolute atomic E-state index is 0.120. The summed E-state index contributed by atoms with van der Waals surface area (Å²) in [5.41, 5.74) is 1.77. The lowest BCUT2D eigenvalue weighted by Crippen LogP contribution is -2.55. The Balaban J connectivity index is 1.39. The average Bonchev–Trinajstić information content (AvgIpc) is 2.97. The van der Waals surface area contributed by atoms with Gasteiger partial charge in [-0.2, -0.15) is 5.10 Å². The number of hydrogen-bond donors (Lipinski definition) is 0. The highest BCUT2D eigenvalue weighted by atomic mass is 16.2. The summed E-state index contributed by atoms with van der Waals surface area (Å²) in [5, 5.41) is 8.94. The molecule has 2 aromatic rings. The molecule has 0 bridgehead atoms. The van der Waals surface area contributed by atoms with Crippen LogP contribution in [0.4, 0.5) is 0 Å². The van der Waals surface area contributed by atoms with E-state index in [0.717, 1.165) is 37.3 Å². The van der Waals surface area contributed by atoms with Gasteiger partial charge in [0.1, 0.15) is 0 Å². The lowest BCUT2D eigenvalue weighted by atomic mass is 9.92. The van der Waals surface area contributed by atoms with E-state index in [9.17, 15) is 9.59 Å². The molecule has 1 amide bonds. The van der Waals surface area contributed by atoms with Crippen molar-refractivity contribution < 1.29 is 4.79 Å². The van der Waals surface area contributed by atoms with Gasteiger partial charge in [0.15, 0.2) is 5.82 Å². The number of aromatic nitrogens is 4. The first-order valence-electron chi connectivity index (χ1n) is 10.00. The Kier molecular flexibility index (Phi) is 5.05. The summed E-state index contributed by atoms with van der Waals surface area (Å²) in [4.78, 5) is 29.1. The van der Waals surface area contributed by atoms with Gasteiger partial charge in [0.2, 0.25) is 5.91 Å². The number of nitrogens with zero attached hydrogens (tertiary/aromatic N) is 6. The van der Waals surface area contributed by atoms with E-state index in [1.807, 2.05) is 24.8 Å². The molecule has 0 saturated carbocycles. The summed E-state index contributed by atoms with van der Waals surface area (Å²) in [6.45, 7) is 7.77. The SMILES string of the molecule is Cc1cc(C)n(-c2ccc(=O)n(CC3CN(C(=O)C4CCCN(C)C4)C3)n2)n1. The minimum Gasteiger partial charge on any atom is -0.342 e. The zero-order valence-electron chi connectivity index (χ0n) is 16.8. The molecule has 1 unspecified atom stereocenters. The Morgan fingerprint density at radius 2 is 1.96 bits per heavy atom. The Labute approximate surface area is 164 Å². The number of hydrogen-bond acceptors (Lipinski definition) is 5. The summed E-state index contributed by atoms with van der Waals surface area (Å²) in [7, 11) is 2.08. The first-order valence-corrected chi connectivity index (χ1v) is 10.00. The molecule has 0 N–H and O–H groups in total. The summed E-state index contributed by atoms with van der Waals surface area (Å²) >= 11 is 0. The molecule has 150 valence electrons. The van der Waals surface area contributed by atoms with Crippen LogP contribution in [0.5, 0.6) is 0 Å². The van der Waals surface area contributed by atoms with Gasteiger partial charge in [-0.1, -0.05) is 0 Å². The fourth-order valence-electron chi connectivity index (χ4n) is 4.28. The Hall–Kier alpha value is -2.48. The normalized spacial score (nSPS) is 21.0. The second-order valence-electron chi connectivity index (χ2n) is 8.26. The van der Waals surface area contributed by atoms with Gasteiger partial charge < -0.3 is 9.80 Å². The zero-order valence-corrected chi connectivity index (χ0v) is 16.8. The van der Waals surface area contributed by atoms with Gasteiger partial charge in [0.05, 0.1) is 18.2 Å². The van der Waals surface area contributed by atoms with Crippen molar-refractivity contribution in [3.8, 4) is 5.82 Å². The number of amides is 1. The minimum atomic E-state index is -0.121. The molecule has 0 spiro atoms. The van der Waals surface area contributed by atoms with E-state index in [0.29, 0.717) is 25.5 Å². The molecule has 2 saturated heterocycles. The maximum Gasteiger partial charge on any atom is 0.266 e. The zero-order chi connectivity index (χ0) is 19.8. The topological polar surface area (TPSA) is 76.3 Å². The highest BCUT2D eigenvalue weighted by Crippen LogP contribution is 2.24. The molecule has 4 heterocycles. The van der Waals surface area contributed by atoms with Crippen LogP contribution in [-0.4, -0.2) is 68.5 Å². The van der Waals surface area contributed by atoms with E-state index in [-0.39, 0.29) is 23.3 Å². The summed E-state index contributed by atoms with van der Waals surface area (Å²) in [6, 6.07) is 5.22. The molecule has 0 aliphatic carbocycles. The quantitative estimate of drug-likeness (QED) is 0.781. The molecule has 4 rings (SSSR count). The molecule has 0 radical (unpaired) electrons. The number of carbonyl (C=O) groups excluding carboxylic acids is 1. The Morgan fingerprint density at radius 3 is 2.64 bits per heavy atom. The van der Waals surface area contributed by atoms with Crippen molar-refractivity contribution >= 4 is 5.91 Å². The van der Waals surface area contributed by atoms with Crippen molar-refractivity contribution in [2.45, 2.75) is 33.2 Å². The molecule has 2 aromatic heterocycles. The third-order valence-corrected chi connectivity index (χ3v) is 5.75. The number of aryl methyl sites for hydroxylation is 2. The second-order valence-corrected chi connectivity index (χ2v) is 8.26. The summed E-state index contributed by atoms with van der Waals surface area (Å²) in [5.74, 6) is 1.29. The second kappa shape index (κ2) is 7.50. The summed E-state index contributed by atoms with van der Waals surface area (Å²) in [6.07, 6.45) is 2.07. The van der Waals surface area contributed by atoms with Crippen molar-refractivity contribution in [3.63, 3.8) is 0 Å². The maximum atomic E-state index is 12.7. The van der Waals surface area contributed by atoms with E-state index >= 15 is 0 Å². The molecule has 2 fully saturated rings. The molecule has 8 heteroatoms. The van der Waals surface area contributed by atoms with Crippen LogP contribution < -0.4 is 5.56 Å². The van der Waals surface area contributed by atoms with Gasteiger partial charge in [0, 0.05) is 37.3 Å². The third kappa shape index (κ3) is 3.73. The van der Waals surface area contributed by atoms with Gasteiger partial charge in [-0.05, 0) is 52.4 Å². The van der Waals surface area contributed by atoms with Crippen molar-refractivity contribution in [1.82, 2.24) is 29.4 Å². The Bertz CT molecular complexity index is 927. The number of carbonyl (C=O) groups is 1. The number of piperidine rings is 1. The molecular weight excluding hydrogens is 356 g/mol. The van der Waals surface area contributed by atoms with Crippen molar-refractivity contribution in [1.29, 1.82) is 0 Å². The molecule has 1 atom stereocenters. The molecule has 2 aliphatic rings. The van der Waals surface area contributed by atoms with E-state index < -0.39 is 0 Å². The van der Waals surface area contributed by atoms with Crippen molar-refractivity contribution in [2.24, 2.45) is 11.8 Å². The lowest BCUT2D eigenvalue weighted by Gasteiger charge is -2.42. The highest BCUT2D eigenvalue weighted by Gasteiger charge is 2.36. The highest BCUT2D eigenvalue weighted by molar-refractivity contribution is 5.80. The monoisotopic (exact) mass is 384 g/mol. The number of likely N-dealkylation sites (tertiary alicyclic amines) is 2. The molecule has 0 aromatic carbocycles. The van der Waals surface area contributed by atoms with Crippen LogP contribution in [0.3, 0.4) is 0 Å². The van der Waals surface area contributed by atoms with Crippen LogP contribution in [0.2, 0.25) is 0 Å². The standard InChI is InChI=1S/C20H28N6O2/c1-14-9-15(2)26(21-14)18-6-7-19(27)25(22-18)12-16-10-24(11-16)20(28)17-5-4-8-23(3)13-17/h6-7,9,16-17H,4-5,8,10-13H2,1-3H3. The van der Waals surface area contributed by atoms with Crippen LogP contribution in [0, 0.1) is 25.7 Å². The first-order chi connectivity index (χ1) is 13.4. The van der Waals surface area contributed by atoms with Crippen LogP contribution >= 0.6 is 0 Å².